The smallest absolute Gasteiger partial charge is 0.142 e. The molecule has 0 bridgehead atoms. The molecule has 2 aromatic rings. The Labute approximate surface area is 118 Å². The second-order valence-corrected chi connectivity index (χ2v) is 5.25. The SMILES string of the molecule is NCc1cccc(Cl)c1OCC1Cc2ccccc21. The first-order valence-electron chi connectivity index (χ1n) is 6.47. The van der Waals surface area contributed by atoms with E-state index in [0.717, 1.165) is 17.7 Å². The number of fused-ring (bicyclic) bond motifs is 1. The summed E-state index contributed by atoms with van der Waals surface area (Å²) in [4.78, 5) is 0. The lowest BCUT2D eigenvalue weighted by molar-refractivity contribution is 0.273. The van der Waals surface area contributed by atoms with Crippen LogP contribution in [-0.2, 0) is 13.0 Å². The van der Waals surface area contributed by atoms with Crippen molar-refractivity contribution in [2.24, 2.45) is 5.73 Å². The summed E-state index contributed by atoms with van der Waals surface area (Å²) in [7, 11) is 0. The van der Waals surface area contributed by atoms with E-state index in [1.54, 1.807) is 0 Å². The minimum absolute atomic E-state index is 0.442. The summed E-state index contributed by atoms with van der Waals surface area (Å²) in [5.41, 5.74) is 9.49. The van der Waals surface area contributed by atoms with Gasteiger partial charge in [-0.05, 0) is 23.6 Å². The predicted molar refractivity (Wildman–Crippen MR) is 77.7 cm³/mol. The fraction of sp³-hybridized carbons (Fsp3) is 0.250. The van der Waals surface area contributed by atoms with E-state index in [9.17, 15) is 0 Å². The summed E-state index contributed by atoms with van der Waals surface area (Å²) in [5, 5.41) is 0.635. The zero-order valence-electron chi connectivity index (χ0n) is 10.6. The Kier molecular flexibility index (Phi) is 3.45. The standard InChI is InChI=1S/C16H16ClNO/c17-15-7-3-5-12(9-18)16(15)19-10-13-8-11-4-1-2-6-14(11)13/h1-7,13H,8-10,18H2. The van der Waals surface area contributed by atoms with Crippen molar-refractivity contribution in [3.05, 3.63) is 64.2 Å². The Morgan fingerprint density at radius 2 is 2.00 bits per heavy atom. The van der Waals surface area contributed by atoms with Crippen molar-refractivity contribution < 1.29 is 4.74 Å². The van der Waals surface area contributed by atoms with Gasteiger partial charge in [-0.2, -0.15) is 0 Å². The first-order valence-corrected chi connectivity index (χ1v) is 6.85. The van der Waals surface area contributed by atoms with Gasteiger partial charge in [0.15, 0.2) is 0 Å². The van der Waals surface area contributed by atoms with Crippen molar-refractivity contribution >= 4 is 11.6 Å². The number of hydrogen-bond acceptors (Lipinski definition) is 2. The molecule has 2 aromatic carbocycles. The van der Waals surface area contributed by atoms with Gasteiger partial charge in [0, 0.05) is 18.0 Å². The molecule has 2 nitrogen and oxygen atoms in total. The molecule has 3 rings (SSSR count). The summed E-state index contributed by atoms with van der Waals surface area (Å²) in [6.07, 6.45) is 1.08. The number of halogens is 1. The summed E-state index contributed by atoms with van der Waals surface area (Å²) in [6.45, 7) is 1.10. The minimum atomic E-state index is 0.442. The van der Waals surface area contributed by atoms with Crippen LogP contribution in [0.15, 0.2) is 42.5 Å². The van der Waals surface area contributed by atoms with E-state index >= 15 is 0 Å². The average molecular weight is 274 g/mol. The minimum Gasteiger partial charge on any atom is -0.491 e. The summed E-state index contributed by atoms with van der Waals surface area (Å²) in [6, 6.07) is 14.2. The number of ether oxygens (including phenoxy) is 1. The van der Waals surface area contributed by atoms with Crippen LogP contribution in [0.2, 0.25) is 5.02 Å². The molecular formula is C16H16ClNO. The third kappa shape index (κ3) is 2.34. The van der Waals surface area contributed by atoms with Crippen LogP contribution in [0, 0.1) is 0 Å². The summed E-state index contributed by atoms with van der Waals surface area (Å²) in [5.74, 6) is 1.20. The van der Waals surface area contributed by atoms with E-state index in [2.05, 4.69) is 24.3 Å². The van der Waals surface area contributed by atoms with Crippen LogP contribution in [0.4, 0.5) is 0 Å². The zero-order valence-corrected chi connectivity index (χ0v) is 11.4. The Hall–Kier alpha value is -1.51. The highest BCUT2D eigenvalue weighted by atomic mass is 35.5. The van der Waals surface area contributed by atoms with E-state index < -0.39 is 0 Å². The molecule has 1 aliphatic carbocycles. The van der Waals surface area contributed by atoms with E-state index in [4.69, 9.17) is 22.1 Å². The maximum atomic E-state index is 6.17. The molecule has 0 saturated carbocycles. The molecule has 0 radical (unpaired) electrons. The van der Waals surface area contributed by atoms with Gasteiger partial charge in [0.1, 0.15) is 5.75 Å². The van der Waals surface area contributed by atoms with Gasteiger partial charge in [-0.25, -0.2) is 0 Å². The van der Waals surface area contributed by atoms with Crippen LogP contribution in [0.5, 0.6) is 5.75 Å². The fourth-order valence-corrected chi connectivity index (χ4v) is 2.82. The largest absolute Gasteiger partial charge is 0.491 e. The maximum absolute atomic E-state index is 6.17. The molecule has 0 spiro atoms. The molecule has 98 valence electrons. The van der Waals surface area contributed by atoms with Crippen molar-refractivity contribution in [2.75, 3.05) is 6.61 Å². The summed E-state index contributed by atoms with van der Waals surface area (Å²) >= 11 is 6.17. The molecule has 0 amide bonds. The number of rotatable bonds is 4. The van der Waals surface area contributed by atoms with E-state index in [-0.39, 0.29) is 0 Å². The van der Waals surface area contributed by atoms with Crippen LogP contribution in [0.3, 0.4) is 0 Å². The molecule has 1 aliphatic rings. The second-order valence-electron chi connectivity index (χ2n) is 4.84. The van der Waals surface area contributed by atoms with Crippen LogP contribution >= 0.6 is 11.6 Å². The molecule has 2 N–H and O–H groups in total. The molecule has 0 fully saturated rings. The lowest BCUT2D eigenvalue weighted by atomic mass is 9.78. The first-order chi connectivity index (χ1) is 9.29. The number of hydrogen-bond donors (Lipinski definition) is 1. The Morgan fingerprint density at radius 3 is 2.79 bits per heavy atom. The Bertz CT molecular complexity index is 597. The third-order valence-electron chi connectivity index (χ3n) is 3.66. The van der Waals surface area contributed by atoms with E-state index in [1.807, 2.05) is 18.2 Å². The van der Waals surface area contributed by atoms with Crippen molar-refractivity contribution in [2.45, 2.75) is 18.9 Å². The average Bonchev–Trinajstić information content (AvgIpc) is 2.41. The zero-order chi connectivity index (χ0) is 13.2. The van der Waals surface area contributed by atoms with Gasteiger partial charge in [-0.1, -0.05) is 48.0 Å². The normalized spacial score (nSPS) is 16.6. The topological polar surface area (TPSA) is 35.2 Å². The van der Waals surface area contributed by atoms with Crippen LogP contribution in [0.1, 0.15) is 22.6 Å². The molecule has 0 saturated heterocycles. The van der Waals surface area contributed by atoms with Gasteiger partial charge in [0.2, 0.25) is 0 Å². The highest BCUT2D eigenvalue weighted by Gasteiger charge is 2.26. The van der Waals surface area contributed by atoms with Crippen molar-refractivity contribution in [3.8, 4) is 5.75 Å². The maximum Gasteiger partial charge on any atom is 0.142 e. The number of benzene rings is 2. The number of para-hydroxylation sites is 1. The molecule has 3 heteroatoms. The fourth-order valence-electron chi connectivity index (χ4n) is 2.57. The molecule has 1 unspecified atom stereocenters. The monoisotopic (exact) mass is 273 g/mol. The quantitative estimate of drug-likeness (QED) is 0.925. The van der Waals surface area contributed by atoms with Crippen LogP contribution < -0.4 is 10.5 Å². The second kappa shape index (κ2) is 5.24. The highest BCUT2D eigenvalue weighted by Crippen LogP contribution is 2.36. The van der Waals surface area contributed by atoms with Gasteiger partial charge in [-0.3, -0.25) is 0 Å². The van der Waals surface area contributed by atoms with Crippen LogP contribution in [0.25, 0.3) is 0 Å². The molecule has 1 atom stereocenters. The molecule has 19 heavy (non-hydrogen) atoms. The van der Waals surface area contributed by atoms with Gasteiger partial charge < -0.3 is 10.5 Å². The van der Waals surface area contributed by atoms with Gasteiger partial charge >= 0.3 is 0 Å². The van der Waals surface area contributed by atoms with E-state index in [0.29, 0.717) is 24.1 Å². The predicted octanol–water partition coefficient (Wildman–Crippen LogP) is 3.52. The highest BCUT2D eigenvalue weighted by molar-refractivity contribution is 6.32. The van der Waals surface area contributed by atoms with Crippen molar-refractivity contribution in [3.63, 3.8) is 0 Å². The molecule has 0 aliphatic heterocycles. The van der Waals surface area contributed by atoms with Crippen LogP contribution in [-0.4, -0.2) is 6.61 Å². The number of nitrogens with two attached hydrogens (primary N) is 1. The Morgan fingerprint density at radius 1 is 1.16 bits per heavy atom. The lowest BCUT2D eigenvalue weighted by Crippen LogP contribution is -2.23. The van der Waals surface area contributed by atoms with Crippen molar-refractivity contribution in [1.29, 1.82) is 0 Å². The lowest BCUT2D eigenvalue weighted by Gasteiger charge is -2.30. The van der Waals surface area contributed by atoms with E-state index in [1.165, 1.54) is 11.1 Å². The van der Waals surface area contributed by atoms with Gasteiger partial charge in [0.05, 0.1) is 11.6 Å². The van der Waals surface area contributed by atoms with Crippen molar-refractivity contribution in [1.82, 2.24) is 0 Å². The molecule has 0 aromatic heterocycles. The molecular weight excluding hydrogens is 258 g/mol. The first kappa shape index (κ1) is 12.5. The third-order valence-corrected chi connectivity index (χ3v) is 3.96. The molecule has 0 heterocycles. The van der Waals surface area contributed by atoms with Gasteiger partial charge in [0.25, 0.3) is 0 Å². The summed E-state index contributed by atoms with van der Waals surface area (Å²) < 4.78 is 5.91. The Balaban J connectivity index is 1.72. The van der Waals surface area contributed by atoms with Gasteiger partial charge in [-0.15, -0.1) is 0 Å².